The number of rotatable bonds is 9. The highest BCUT2D eigenvalue weighted by atomic mass is 14.9. The molecule has 0 heterocycles. The van der Waals surface area contributed by atoms with Gasteiger partial charge in [0, 0.05) is 12.6 Å². The van der Waals surface area contributed by atoms with Crippen molar-refractivity contribution < 1.29 is 0 Å². The molecule has 0 bridgehead atoms. The highest BCUT2D eigenvalue weighted by Crippen LogP contribution is 2.02. The van der Waals surface area contributed by atoms with Crippen molar-refractivity contribution in [1.82, 2.24) is 5.32 Å². The molecule has 0 aromatic heterocycles. The van der Waals surface area contributed by atoms with Gasteiger partial charge in [0.05, 0.1) is 0 Å². The van der Waals surface area contributed by atoms with Gasteiger partial charge in [-0.3, -0.25) is 0 Å². The summed E-state index contributed by atoms with van der Waals surface area (Å²) in [5.41, 5.74) is 0. The average Bonchev–Trinajstić information content (AvgIpc) is 2.14. The molecule has 1 radical (unpaired) electrons. The Hall–Kier alpha value is -0.0400. The minimum atomic E-state index is 0.599. The molecular formula is C12H26N. The van der Waals surface area contributed by atoms with Crippen LogP contribution < -0.4 is 5.32 Å². The van der Waals surface area contributed by atoms with Crippen molar-refractivity contribution in [2.24, 2.45) is 0 Å². The normalized spacial score (nSPS) is 13.2. The molecule has 1 heteroatoms. The molecule has 0 aromatic rings. The Morgan fingerprint density at radius 2 is 1.62 bits per heavy atom. The number of unbranched alkanes of at least 4 members (excludes halogenated alkanes) is 4. The van der Waals surface area contributed by atoms with E-state index in [1.807, 2.05) is 0 Å². The third-order valence-corrected chi connectivity index (χ3v) is 2.43. The zero-order chi connectivity index (χ0) is 9.94. The van der Waals surface area contributed by atoms with Crippen molar-refractivity contribution >= 4 is 0 Å². The quantitative estimate of drug-likeness (QED) is 0.485. The maximum Gasteiger partial charge on any atom is 0.0217 e. The summed E-state index contributed by atoms with van der Waals surface area (Å²) in [6.07, 6.45) is 9.27. The molecule has 1 atom stereocenters. The van der Waals surface area contributed by atoms with Crippen LogP contribution in [0.4, 0.5) is 0 Å². The molecule has 79 valence electrons. The maximum absolute atomic E-state index is 4.63. The van der Waals surface area contributed by atoms with E-state index in [4.69, 9.17) is 0 Å². The highest BCUT2D eigenvalue weighted by molar-refractivity contribution is 4.59. The third kappa shape index (κ3) is 9.88. The zero-order valence-corrected chi connectivity index (χ0v) is 9.68. The first-order valence-corrected chi connectivity index (χ1v) is 5.97. The van der Waals surface area contributed by atoms with Gasteiger partial charge in [-0.1, -0.05) is 46.0 Å². The van der Waals surface area contributed by atoms with E-state index in [-0.39, 0.29) is 0 Å². The Morgan fingerprint density at radius 3 is 2.23 bits per heavy atom. The molecule has 1 nitrogen and oxygen atoms in total. The van der Waals surface area contributed by atoms with Crippen LogP contribution in [0.5, 0.6) is 0 Å². The van der Waals surface area contributed by atoms with Crippen molar-refractivity contribution in [3.05, 3.63) is 0 Å². The molecule has 0 fully saturated rings. The summed E-state index contributed by atoms with van der Waals surface area (Å²) in [6, 6.07) is 0.599. The molecule has 13 heavy (non-hydrogen) atoms. The van der Waals surface area contributed by atoms with Crippen molar-refractivity contribution in [2.75, 3.05) is 6.54 Å². The van der Waals surface area contributed by atoms with Gasteiger partial charge in [-0.25, -0.2) is 5.32 Å². The average molecular weight is 184 g/mol. The van der Waals surface area contributed by atoms with E-state index in [1.54, 1.807) is 0 Å². The smallest absolute Gasteiger partial charge is 0.0217 e. The van der Waals surface area contributed by atoms with Gasteiger partial charge in [0.1, 0.15) is 0 Å². The Morgan fingerprint density at radius 1 is 0.923 bits per heavy atom. The van der Waals surface area contributed by atoms with Gasteiger partial charge in [-0.2, -0.15) is 0 Å². The van der Waals surface area contributed by atoms with Gasteiger partial charge in [0.2, 0.25) is 0 Å². The predicted molar refractivity (Wildman–Crippen MR) is 60.1 cm³/mol. The molecule has 0 saturated heterocycles. The summed E-state index contributed by atoms with van der Waals surface area (Å²) in [5.74, 6) is 0. The lowest BCUT2D eigenvalue weighted by molar-refractivity contribution is 0.471. The lowest BCUT2D eigenvalue weighted by atomic mass is 10.1. The molecule has 0 aliphatic rings. The topological polar surface area (TPSA) is 14.1 Å². The highest BCUT2D eigenvalue weighted by Gasteiger charge is 2.00. The van der Waals surface area contributed by atoms with Crippen LogP contribution in [0.2, 0.25) is 0 Å². The Labute approximate surface area is 84.3 Å². The second kappa shape index (κ2) is 10.0. The number of nitrogens with zero attached hydrogens (tertiary/aromatic N) is 1. The van der Waals surface area contributed by atoms with Crippen LogP contribution in [0.1, 0.15) is 65.7 Å². The van der Waals surface area contributed by atoms with Crippen LogP contribution in [0.25, 0.3) is 0 Å². The summed E-state index contributed by atoms with van der Waals surface area (Å²) >= 11 is 0. The van der Waals surface area contributed by atoms with E-state index in [2.05, 4.69) is 26.1 Å². The largest absolute Gasteiger partial charge is 0.239 e. The fourth-order valence-electron chi connectivity index (χ4n) is 1.44. The summed E-state index contributed by atoms with van der Waals surface area (Å²) in [4.78, 5) is 0. The molecule has 0 rings (SSSR count). The Balaban J connectivity index is 3.03. The van der Waals surface area contributed by atoms with Gasteiger partial charge >= 0.3 is 0 Å². The molecule has 0 N–H and O–H groups in total. The first kappa shape index (κ1) is 13.0. The second-order valence-corrected chi connectivity index (χ2v) is 3.96. The standard InChI is InChI=1S/C12H26N/c1-4-6-8-9-11-13-12(3)10-7-5-2/h12H,4-11H2,1-3H3. The summed E-state index contributed by atoms with van der Waals surface area (Å²) in [5, 5.41) is 4.63. The summed E-state index contributed by atoms with van der Waals surface area (Å²) < 4.78 is 0. The minimum absolute atomic E-state index is 0.599. The van der Waals surface area contributed by atoms with Gasteiger partial charge in [-0.05, 0) is 19.8 Å². The van der Waals surface area contributed by atoms with Gasteiger partial charge in [0.15, 0.2) is 0 Å². The van der Waals surface area contributed by atoms with Crippen LogP contribution in [0.3, 0.4) is 0 Å². The molecule has 0 spiro atoms. The lowest BCUT2D eigenvalue weighted by Crippen LogP contribution is -2.19. The lowest BCUT2D eigenvalue weighted by Gasteiger charge is -2.10. The predicted octanol–water partition coefficient (Wildman–Crippen LogP) is 3.75. The van der Waals surface area contributed by atoms with E-state index in [0.29, 0.717) is 6.04 Å². The fourth-order valence-corrected chi connectivity index (χ4v) is 1.44. The maximum atomic E-state index is 4.63. The number of hydrogen-bond donors (Lipinski definition) is 0. The molecule has 0 aromatic carbocycles. The van der Waals surface area contributed by atoms with E-state index in [1.165, 1.54) is 44.9 Å². The van der Waals surface area contributed by atoms with Crippen LogP contribution in [-0.2, 0) is 0 Å². The minimum Gasteiger partial charge on any atom is -0.239 e. The van der Waals surface area contributed by atoms with Gasteiger partial charge in [-0.15, -0.1) is 0 Å². The molecule has 0 aliphatic heterocycles. The SMILES string of the molecule is CCCCCC[N]C(C)CCCC. The van der Waals surface area contributed by atoms with Crippen molar-refractivity contribution in [3.8, 4) is 0 Å². The van der Waals surface area contributed by atoms with Crippen LogP contribution >= 0.6 is 0 Å². The van der Waals surface area contributed by atoms with Crippen molar-refractivity contribution in [2.45, 2.75) is 71.8 Å². The van der Waals surface area contributed by atoms with E-state index >= 15 is 0 Å². The van der Waals surface area contributed by atoms with Crippen LogP contribution in [-0.4, -0.2) is 12.6 Å². The second-order valence-electron chi connectivity index (χ2n) is 3.96. The summed E-state index contributed by atoms with van der Waals surface area (Å²) in [7, 11) is 0. The Bertz CT molecular complexity index is 91.1. The first-order chi connectivity index (χ1) is 6.31. The van der Waals surface area contributed by atoms with Crippen LogP contribution in [0, 0.1) is 0 Å². The number of hydrogen-bond acceptors (Lipinski definition) is 0. The summed E-state index contributed by atoms with van der Waals surface area (Å²) in [6.45, 7) is 7.83. The van der Waals surface area contributed by atoms with E-state index in [9.17, 15) is 0 Å². The van der Waals surface area contributed by atoms with Gasteiger partial charge in [0.25, 0.3) is 0 Å². The zero-order valence-electron chi connectivity index (χ0n) is 9.68. The molecular weight excluding hydrogens is 158 g/mol. The van der Waals surface area contributed by atoms with Crippen molar-refractivity contribution in [3.63, 3.8) is 0 Å². The first-order valence-electron chi connectivity index (χ1n) is 5.97. The molecule has 0 aliphatic carbocycles. The van der Waals surface area contributed by atoms with Crippen LogP contribution in [0.15, 0.2) is 0 Å². The van der Waals surface area contributed by atoms with Crippen molar-refractivity contribution in [1.29, 1.82) is 0 Å². The monoisotopic (exact) mass is 184 g/mol. The fraction of sp³-hybridized carbons (Fsp3) is 1.00. The van der Waals surface area contributed by atoms with E-state index in [0.717, 1.165) is 6.54 Å². The molecule has 0 saturated carbocycles. The third-order valence-electron chi connectivity index (χ3n) is 2.43. The molecule has 1 unspecified atom stereocenters. The van der Waals surface area contributed by atoms with Gasteiger partial charge < -0.3 is 0 Å². The van der Waals surface area contributed by atoms with E-state index < -0.39 is 0 Å². The Kier molecular flexibility index (Phi) is 10.0. The molecule has 0 amide bonds.